The van der Waals surface area contributed by atoms with Gasteiger partial charge in [-0.1, -0.05) is 0 Å². The Bertz CT molecular complexity index is 1140. The van der Waals surface area contributed by atoms with Crippen LogP contribution >= 0.6 is 12.6 Å². The number of nitro groups is 2. The average Bonchev–Trinajstić information content (AvgIpc) is 3.21. The number of amides is 2. The Balaban J connectivity index is 1.24. The Labute approximate surface area is 211 Å². The van der Waals surface area contributed by atoms with Crippen molar-refractivity contribution in [2.75, 3.05) is 19.6 Å². The van der Waals surface area contributed by atoms with E-state index in [1.165, 1.54) is 36.4 Å². The van der Waals surface area contributed by atoms with E-state index in [1.807, 2.05) is 0 Å². The number of likely N-dealkylation sites (tertiary alicyclic amines) is 2. The largest absolute Gasteiger partial charge is 0.445 e. The molecule has 0 N–H and O–H groups in total. The van der Waals surface area contributed by atoms with Gasteiger partial charge in [-0.05, 0) is 41.8 Å². The van der Waals surface area contributed by atoms with E-state index in [2.05, 4.69) is 12.6 Å². The number of thiol groups is 1. The number of nitrogens with zero attached hydrogens (tertiary/aromatic N) is 4. The van der Waals surface area contributed by atoms with E-state index >= 15 is 0 Å². The van der Waals surface area contributed by atoms with Crippen molar-refractivity contribution in [3.05, 3.63) is 79.9 Å². The number of carbonyl (C=O) groups excluding carboxylic acids is 2. The molecule has 2 amide bonds. The molecule has 2 aromatic rings. The second-order valence-electron chi connectivity index (χ2n) is 8.73. The molecular weight excluding hydrogens is 492 g/mol. The van der Waals surface area contributed by atoms with E-state index in [1.54, 1.807) is 21.9 Å². The second kappa shape index (κ2) is 10.8. The fourth-order valence-corrected chi connectivity index (χ4v) is 4.69. The molecule has 2 aromatic carbocycles. The van der Waals surface area contributed by atoms with Gasteiger partial charge in [0.25, 0.3) is 11.4 Å². The molecule has 0 radical (unpaired) electrons. The summed E-state index contributed by atoms with van der Waals surface area (Å²) in [5.41, 5.74) is 1.20. The van der Waals surface area contributed by atoms with Gasteiger partial charge in [-0.25, -0.2) is 9.59 Å². The average molecular weight is 517 g/mol. The van der Waals surface area contributed by atoms with Gasteiger partial charge in [-0.3, -0.25) is 20.2 Å². The van der Waals surface area contributed by atoms with Crippen LogP contribution in [-0.2, 0) is 22.7 Å². The van der Waals surface area contributed by atoms with E-state index in [0.29, 0.717) is 37.2 Å². The Kier molecular flexibility index (Phi) is 7.58. The van der Waals surface area contributed by atoms with Crippen molar-refractivity contribution in [2.45, 2.75) is 30.9 Å². The zero-order chi connectivity index (χ0) is 25.8. The third-order valence-electron chi connectivity index (χ3n) is 6.29. The molecule has 0 aliphatic carbocycles. The second-order valence-corrected chi connectivity index (χ2v) is 9.46. The van der Waals surface area contributed by atoms with Gasteiger partial charge in [0.1, 0.15) is 13.2 Å². The molecule has 12 nitrogen and oxygen atoms in total. The lowest BCUT2D eigenvalue weighted by atomic mass is 9.90. The van der Waals surface area contributed by atoms with E-state index in [0.717, 1.165) is 0 Å². The molecule has 13 heteroatoms. The van der Waals surface area contributed by atoms with Crippen molar-refractivity contribution < 1.29 is 28.9 Å². The van der Waals surface area contributed by atoms with Crippen LogP contribution in [0.4, 0.5) is 21.0 Å². The maximum Gasteiger partial charge on any atom is 0.410 e. The number of ether oxygens (including phenoxy) is 2. The van der Waals surface area contributed by atoms with E-state index in [4.69, 9.17) is 9.47 Å². The molecule has 0 spiro atoms. The maximum atomic E-state index is 12.7. The first-order chi connectivity index (χ1) is 17.2. The van der Waals surface area contributed by atoms with Gasteiger partial charge >= 0.3 is 12.2 Å². The van der Waals surface area contributed by atoms with Gasteiger partial charge in [-0.15, -0.1) is 0 Å². The number of carbonyl (C=O) groups is 2. The van der Waals surface area contributed by atoms with Crippen molar-refractivity contribution in [3.63, 3.8) is 0 Å². The van der Waals surface area contributed by atoms with E-state index in [9.17, 15) is 29.8 Å². The molecule has 0 unspecified atom stereocenters. The summed E-state index contributed by atoms with van der Waals surface area (Å²) in [7, 11) is 0. The van der Waals surface area contributed by atoms with Crippen molar-refractivity contribution >= 4 is 36.2 Å². The zero-order valence-electron chi connectivity index (χ0n) is 19.1. The Morgan fingerprint density at radius 1 is 0.833 bits per heavy atom. The molecule has 0 bridgehead atoms. The predicted octanol–water partition coefficient (Wildman–Crippen LogP) is 3.78. The van der Waals surface area contributed by atoms with Crippen molar-refractivity contribution in [2.24, 2.45) is 5.92 Å². The van der Waals surface area contributed by atoms with E-state index in [-0.39, 0.29) is 41.8 Å². The predicted molar refractivity (Wildman–Crippen MR) is 130 cm³/mol. The fourth-order valence-electron chi connectivity index (χ4n) is 4.30. The monoisotopic (exact) mass is 516 g/mol. The standard InChI is InChI=1S/C23H24N4O8S/c28-22(34-13-15-1-5-18(6-2-15)26(30)31)24-10-17(11-24)21-9-20(36)12-25(21)23(29)35-14-16-3-7-19(8-4-16)27(32)33/h1-8,17,20-21,36H,9-14H2/t20-,21-/m0/s1. The molecule has 2 saturated heterocycles. The molecule has 2 aliphatic heterocycles. The van der Waals surface area contributed by atoms with Gasteiger partial charge < -0.3 is 19.3 Å². The SMILES string of the molecule is O=C(OCc1ccc([N+](=O)[O-])cc1)N1CC([C@@H]2C[C@H](S)CN2C(=O)OCc2ccc([N+](=O)[O-])cc2)C1. The molecule has 2 atom stereocenters. The fraction of sp³-hybridized carbons (Fsp3) is 0.391. The summed E-state index contributed by atoms with van der Waals surface area (Å²) in [5.74, 6) is 0.0565. The lowest BCUT2D eigenvalue weighted by Gasteiger charge is -2.43. The first-order valence-electron chi connectivity index (χ1n) is 11.2. The summed E-state index contributed by atoms with van der Waals surface area (Å²) in [6.07, 6.45) is -0.307. The molecule has 190 valence electrons. The number of nitro benzene ring substituents is 2. The molecule has 0 saturated carbocycles. The minimum atomic E-state index is -0.497. The summed E-state index contributed by atoms with van der Waals surface area (Å²) in [6.45, 7) is 1.27. The van der Waals surface area contributed by atoms with Crippen LogP contribution in [-0.4, -0.2) is 62.8 Å². The number of rotatable bonds is 7. The van der Waals surface area contributed by atoms with Crippen LogP contribution < -0.4 is 0 Å². The van der Waals surface area contributed by atoms with Gasteiger partial charge in [0.2, 0.25) is 0 Å². The van der Waals surface area contributed by atoms with E-state index < -0.39 is 22.0 Å². The van der Waals surface area contributed by atoms with Crippen LogP contribution in [0.15, 0.2) is 48.5 Å². The highest BCUT2D eigenvalue weighted by Gasteiger charge is 2.45. The highest BCUT2D eigenvalue weighted by Crippen LogP contribution is 2.33. The topological polar surface area (TPSA) is 145 Å². The molecule has 36 heavy (non-hydrogen) atoms. The molecular formula is C23H24N4O8S. The van der Waals surface area contributed by atoms with Crippen LogP contribution in [0.25, 0.3) is 0 Å². The summed E-state index contributed by atoms with van der Waals surface area (Å²) in [5, 5.41) is 21.5. The molecule has 0 aromatic heterocycles. The molecule has 2 heterocycles. The Morgan fingerprint density at radius 2 is 1.31 bits per heavy atom. The van der Waals surface area contributed by atoms with Crippen molar-refractivity contribution in [1.29, 1.82) is 0 Å². The zero-order valence-corrected chi connectivity index (χ0v) is 20.0. The maximum absolute atomic E-state index is 12.7. The van der Waals surface area contributed by atoms with Gasteiger partial charge in [0, 0.05) is 61.1 Å². The summed E-state index contributed by atoms with van der Waals surface area (Å²) >= 11 is 4.53. The minimum absolute atomic E-state index is 0.00122. The summed E-state index contributed by atoms with van der Waals surface area (Å²) < 4.78 is 10.7. The lowest BCUT2D eigenvalue weighted by Crippen LogP contribution is -2.57. The third kappa shape index (κ3) is 5.85. The summed E-state index contributed by atoms with van der Waals surface area (Å²) in [4.78, 5) is 48.8. The smallest absolute Gasteiger partial charge is 0.410 e. The Morgan fingerprint density at radius 3 is 1.78 bits per heavy atom. The number of non-ortho nitro benzene ring substituents is 2. The van der Waals surface area contributed by atoms with Crippen LogP contribution in [0, 0.1) is 26.1 Å². The van der Waals surface area contributed by atoms with Crippen LogP contribution in [0.2, 0.25) is 0 Å². The van der Waals surface area contributed by atoms with Crippen molar-refractivity contribution in [3.8, 4) is 0 Å². The van der Waals surface area contributed by atoms with Gasteiger partial charge in [0.15, 0.2) is 0 Å². The molecule has 2 aliphatic rings. The third-order valence-corrected chi connectivity index (χ3v) is 6.66. The number of benzene rings is 2. The van der Waals surface area contributed by atoms with Crippen molar-refractivity contribution in [1.82, 2.24) is 9.80 Å². The minimum Gasteiger partial charge on any atom is -0.445 e. The van der Waals surface area contributed by atoms with Crippen LogP contribution in [0.1, 0.15) is 17.5 Å². The Hall–Kier alpha value is -3.87. The number of hydrogen-bond donors (Lipinski definition) is 1. The molecule has 4 rings (SSSR count). The van der Waals surface area contributed by atoms with Gasteiger partial charge in [-0.2, -0.15) is 12.6 Å². The lowest BCUT2D eigenvalue weighted by molar-refractivity contribution is -0.385. The quantitative estimate of drug-likeness (QED) is 0.332. The highest BCUT2D eigenvalue weighted by molar-refractivity contribution is 7.81. The normalized spacial score (nSPS) is 19.5. The van der Waals surface area contributed by atoms with Crippen LogP contribution in [0.5, 0.6) is 0 Å². The molecule has 2 fully saturated rings. The number of hydrogen-bond acceptors (Lipinski definition) is 9. The first-order valence-corrected chi connectivity index (χ1v) is 11.7. The first kappa shape index (κ1) is 25.2. The van der Waals surface area contributed by atoms with Crippen LogP contribution in [0.3, 0.4) is 0 Å². The summed E-state index contributed by atoms with van der Waals surface area (Å²) in [6, 6.07) is 11.4. The highest BCUT2D eigenvalue weighted by atomic mass is 32.1. The van der Waals surface area contributed by atoms with Gasteiger partial charge in [0.05, 0.1) is 9.85 Å².